The number of carbonyl (C=O) groups excluding carboxylic acids is 1. The van der Waals surface area contributed by atoms with Crippen LogP contribution in [-0.4, -0.2) is 18.1 Å². The van der Waals surface area contributed by atoms with Crippen LogP contribution in [0.25, 0.3) is 33.3 Å². The van der Waals surface area contributed by atoms with E-state index in [2.05, 4.69) is 4.98 Å². The minimum Gasteiger partial charge on any atom is -0.489 e. The molecule has 0 aliphatic rings. The average molecular weight is 444 g/mol. The van der Waals surface area contributed by atoms with Gasteiger partial charge in [0.25, 0.3) is 0 Å². The van der Waals surface area contributed by atoms with Gasteiger partial charge < -0.3 is 13.9 Å². The molecule has 32 heavy (non-hydrogen) atoms. The monoisotopic (exact) mass is 443 g/mol. The summed E-state index contributed by atoms with van der Waals surface area (Å²) in [6.45, 7) is 0.327. The Balaban J connectivity index is 1.38. The van der Waals surface area contributed by atoms with E-state index >= 15 is 0 Å². The number of hydrogen-bond donors (Lipinski definition) is 0. The molecule has 0 atom stereocenters. The molecule has 0 spiro atoms. The highest BCUT2D eigenvalue weighted by molar-refractivity contribution is 6.31. The van der Waals surface area contributed by atoms with Crippen LogP contribution in [-0.2, 0) is 11.3 Å². The topological polar surface area (TPSA) is 61.6 Å². The van der Waals surface area contributed by atoms with E-state index in [1.165, 1.54) is 7.11 Å². The number of benzene rings is 3. The van der Waals surface area contributed by atoms with Crippen LogP contribution in [0.3, 0.4) is 0 Å². The molecule has 5 nitrogen and oxygen atoms in total. The largest absolute Gasteiger partial charge is 0.489 e. The van der Waals surface area contributed by atoms with Crippen LogP contribution in [0.1, 0.15) is 15.9 Å². The molecule has 3 aromatic carbocycles. The van der Waals surface area contributed by atoms with Gasteiger partial charge in [-0.3, -0.25) is 0 Å². The van der Waals surface area contributed by atoms with Crippen LogP contribution in [0.15, 0.2) is 83.3 Å². The molecule has 5 rings (SSSR count). The van der Waals surface area contributed by atoms with Crippen molar-refractivity contribution in [2.45, 2.75) is 6.61 Å². The number of fused-ring (bicyclic) bond motifs is 2. The van der Waals surface area contributed by atoms with Crippen molar-refractivity contribution in [1.29, 1.82) is 0 Å². The third-order valence-corrected chi connectivity index (χ3v) is 5.38. The summed E-state index contributed by atoms with van der Waals surface area (Å²) in [5, 5.41) is 2.57. The van der Waals surface area contributed by atoms with E-state index in [-0.39, 0.29) is 5.97 Å². The van der Waals surface area contributed by atoms with Crippen LogP contribution >= 0.6 is 11.6 Å². The second-order valence-electron chi connectivity index (χ2n) is 7.32. The Hall–Kier alpha value is -3.83. The highest BCUT2D eigenvalue weighted by atomic mass is 35.5. The summed E-state index contributed by atoms with van der Waals surface area (Å²) in [6, 6.07) is 24.3. The molecule has 158 valence electrons. The van der Waals surface area contributed by atoms with Gasteiger partial charge in [0.1, 0.15) is 23.6 Å². The van der Waals surface area contributed by atoms with Crippen LogP contribution in [0.4, 0.5) is 0 Å². The molecule has 2 aromatic heterocycles. The van der Waals surface area contributed by atoms with Crippen molar-refractivity contribution in [1.82, 2.24) is 4.98 Å². The number of aromatic nitrogens is 1. The number of pyridine rings is 1. The van der Waals surface area contributed by atoms with E-state index in [0.717, 1.165) is 33.1 Å². The Morgan fingerprint density at radius 1 is 0.969 bits per heavy atom. The van der Waals surface area contributed by atoms with Crippen LogP contribution in [0.2, 0.25) is 5.02 Å². The van der Waals surface area contributed by atoms with E-state index < -0.39 is 0 Å². The normalized spacial score (nSPS) is 11.1. The average Bonchev–Trinajstić information content (AvgIpc) is 3.25. The van der Waals surface area contributed by atoms with Gasteiger partial charge in [0.05, 0.1) is 18.2 Å². The smallest absolute Gasteiger partial charge is 0.337 e. The van der Waals surface area contributed by atoms with Crippen LogP contribution < -0.4 is 4.74 Å². The maximum absolute atomic E-state index is 11.7. The Kier molecular flexibility index (Phi) is 5.25. The predicted octanol–water partition coefficient (Wildman–Crippen LogP) is 6.67. The summed E-state index contributed by atoms with van der Waals surface area (Å²) in [6.07, 6.45) is 0. The van der Waals surface area contributed by atoms with Crippen molar-refractivity contribution in [2.24, 2.45) is 0 Å². The molecule has 6 heteroatoms. The number of esters is 1. The Morgan fingerprint density at radius 2 is 1.84 bits per heavy atom. The van der Waals surface area contributed by atoms with Crippen molar-refractivity contribution in [3.8, 4) is 17.2 Å². The summed E-state index contributed by atoms with van der Waals surface area (Å²) in [4.78, 5) is 16.4. The number of carbonyl (C=O) groups is 1. The molecule has 2 heterocycles. The SMILES string of the molecule is COC(=O)c1cccc(COc2ccc3oc(-c4ccc5ccc(Cl)cc5n4)cc3c2)c1. The Morgan fingerprint density at radius 3 is 2.72 bits per heavy atom. The first-order valence-corrected chi connectivity index (χ1v) is 10.4. The number of furan rings is 1. The number of nitrogens with zero attached hydrogens (tertiary/aromatic N) is 1. The fourth-order valence-electron chi connectivity index (χ4n) is 3.54. The van der Waals surface area contributed by atoms with Gasteiger partial charge in [-0.05, 0) is 60.2 Å². The molecular weight excluding hydrogens is 426 g/mol. The molecule has 0 aliphatic carbocycles. The summed E-state index contributed by atoms with van der Waals surface area (Å²) < 4.78 is 16.7. The Bertz CT molecular complexity index is 1460. The lowest BCUT2D eigenvalue weighted by Gasteiger charge is -2.07. The molecule has 5 aromatic rings. The molecule has 0 saturated carbocycles. The second-order valence-corrected chi connectivity index (χ2v) is 7.76. The number of hydrogen-bond acceptors (Lipinski definition) is 5. The zero-order valence-corrected chi connectivity index (χ0v) is 17.9. The lowest BCUT2D eigenvalue weighted by atomic mass is 10.1. The molecule has 0 amide bonds. The first-order chi connectivity index (χ1) is 15.6. The van der Waals surface area contributed by atoms with Gasteiger partial charge in [-0.25, -0.2) is 9.78 Å². The van der Waals surface area contributed by atoms with Gasteiger partial charge >= 0.3 is 5.97 Å². The summed E-state index contributed by atoms with van der Waals surface area (Å²) in [7, 11) is 1.36. The molecule has 0 unspecified atom stereocenters. The summed E-state index contributed by atoms with van der Waals surface area (Å²) >= 11 is 6.10. The van der Waals surface area contributed by atoms with Gasteiger partial charge in [-0.1, -0.05) is 35.9 Å². The third kappa shape index (κ3) is 4.03. The molecule has 0 saturated heterocycles. The second kappa shape index (κ2) is 8.36. The maximum Gasteiger partial charge on any atom is 0.337 e. The zero-order chi connectivity index (χ0) is 22.1. The van der Waals surface area contributed by atoms with E-state index in [4.69, 9.17) is 25.5 Å². The lowest BCUT2D eigenvalue weighted by molar-refractivity contribution is 0.0600. The minimum atomic E-state index is -0.372. The van der Waals surface area contributed by atoms with Crippen molar-refractivity contribution < 1.29 is 18.7 Å². The first-order valence-electron chi connectivity index (χ1n) is 9.99. The maximum atomic E-state index is 11.7. The van der Waals surface area contributed by atoms with Crippen molar-refractivity contribution >= 4 is 39.4 Å². The van der Waals surface area contributed by atoms with Crippen molar-refractivity contribution in [3.63, 3.8) is 0 Å². The molecule has 0 fully saturated rings. The fraction of sp³-hybridized carbons (Fsp3) is 0.0769. The quantitative estimate of drug-likeness (QED) is 0.284. The predicted molar refractivity (Wildman–Crippen MR) is 124 cm³/mol. The van der Waals surface area contributed by atoms with Gasteiger partial charge in [-0.15, -0.1) is 0 Å². The van der Waals surface area contributed by atoms with E-state index in [1.54, 1.807) is 18.2 Å². The van der Waals surface area contributed by atoms with E-state index in [0.29, 0.717) is 28.7 Å². The standard InChI is InChI=1S/C26H18ClNO4/c1-30-26(29)18-4-2-3-16(11-18)15-31-21-8-10-24-19(12-21)13-25(32-24)22-9-6-17-5-7-20(27)14-23(17)28-22/h2-14H,15H2,1H3. The van der Waals surface area contributed by atoms with Crippen LogP contribution in [0, 0.1) is 0 Å². The van der Waals surface area contributed by atoms with Gasteiger partial charge in [0.2, 0.25) is 0 Å². The molecule has 0 aliphatic heterocycles. The number of ether oxygens (including phenoxy) is 2. The van der Waals surface area contributed by atoms with E-state index in [9.17, 15) is 4.79 Å². The van der Waals surface area contributed by atoms with E-state index in [1.807, 2.05) is 60.7 Å². The van der Waals surface area contributed by atoms with Gasteiger partial charge in [0, 0.05) is 15.8 Å². The highest BCUT2D eigenvalue weighted by Crippen LogP contribution is 2.31. The zero-order valence-electron chi connectivity index (χ0n) is 17.2. The van der Waals surface area contributed by atoms with Crippen molar-refractivity contribution in [3.05, 3.63) is 95.0 Å². The highest BCUT2D eigenvalue weighted by Gasteiger charge is 2.11. The molecule has 0 bridgehead atoms. The number of rotatable bonds is 5. The third-order valence-electron chi connectivity index (χ3n) is 5.15. The number of methoxy groups -OCH3 is 1. The first kappa shape index (κ1) is 20.1. The minimum absolute atomic E-state index is 0.327. The molecular formula is C26H18ClNO4. The summed E-state index contributed by atoms with van der Waals surface area (Å²) in [5.74, 6) is 1.00. The number of halogens is 1. The summed E-state index contributed by atoms with van der Waals surface area (Å²) in [5.41, 5.74) is 3.66. The van der Waals surface area contributed by atoms with Gasteiger partial charge in [-0.2, -0.15) is 0 Å². The van der Waals surface area contributed by atoms with Crippen LogP contribution in [0.5, 0.6) is 5.75 Å². The van der Waals surface area contributed by atoms with Gasteiger partial charge in [0.15, 0.2) is 5.76 Å². The van der Waals surface area contributed by atoms with Crippen molar-refractivity contribution in [2.75, 3.05) is 7.11 Å². The Labute approximate surface area is 189 Å². The lowest BCUT2D eigenvalue weighted by Crippen LogP contribution is -2.03. The fourth-order valence-corrected chi connectivity index (χ4v) is 3.70. The molecule has 0 radical (unpaired) electrons. The molecule has 0 N–H and O–H groups in total.